The van der Waals surface area contributed by atoms with Gasteiger partial charge in [-0.15, -0.1) is 11.3 Å². The molecule has 1 N–H and O–H groups in total. The second-order valence-corrected chi connectivity index (χ2v) is 5.95. The third-order valence-electron chi connectivity index (χ3n) is 3.18. The molecule has 1 aromatic heterocycles. The molecular formula is C13H19NOS. The van der Waals surface area contributed by atoms with Gasteiger partial charge in [-0.2, -0.15) is 0 Å². The summed E-state index contributed by atoms with van der Waals surface area (Å²) < 4.78 is 0. The highest BCUT2D eigenvalue weighted by atomic mass is 32.1. The SMILES string of the molecule is CC(C)CCNC(=O)C1(c2cccs2)CC1. The summed E-state index contributed by atoms with van der Waals surface area (Å²) in [5, 5.41) is 5.13. The maximum atomic E-state index is 12.1. The first-order chi connectivity index (χ1) is 7.65. The van der Waals surface area contributed by atoms with Crippen LogP contribution in [0.25, 0.3) is 0 Å². The lowest BCUT2D eigenvalue weighted by molar-refractivity contribution is -0.123. The fraction of sp³-hybridized carbons (Fsp3) is 0.615. The Kier molecular flexibility index (Phi) is 3.33. The van der Waals surface area contributed by atoms with Crippen molar-refractivity contribution in [2.24, 2.45) is 5.92 Å². The van der Waals surface area contributed by atoms with Crippen molar-refractivity contribution in [1.82, 2.24) is 5.32 Å². The van der Waals surface area contributed by atoms with Crippen LogP contribution in [0.1, 0.15) is 38.0 Å². The van der Waals surface area contributed by atoms with E-state index in [9.17, 15) is 4.79 Å². The van der Waals surface area contributed by atoms with Crippen molar-refractivity contribution in [2.75, 3.05) is 6.54 Å². The van der Waals surface area contributed by atoms with Crippen LogP contribution in [0.4, 0.5) is 0 Å². The lowest BCUT2D eigenvalue weighted by Gasteiger charge is -2.14. The minimum atomic E-state index is -0.162. The second-order valence-electron chi connectivity index (χ2n) is 5.00. The van der Waals surface area contributed by atoms with Gasteiger partial charge in [-0.1, -0.05) is 19.9 Å². The molecule has 0 aromatic carbocycles. The van der Waals surface area contributed by atoms with Crippen LogP contribution in [0, 0.1) is 5.92 Å². The molecule has 3 heteroatoms. The van der Waals surface area contributed by atoms with E-state index in [2.05, 4.69) is 30.6 Å². The molecule has 1 saturated carbocycles. The summed E-state index contributed by atoms with van der Waals surface area (Å²) in [6, 6.07) is 4.11. The topological polar surface area (TPSA) is 29.1 Å². The van der Waals surface area contributed by atoms with Crippen molar-refractivity contribution in [3.63, 3.8) is 0 Å². The Bertz CT molecular complexity index is 352. The average Bonchev–Trinajstić information content (AvgIpc) is 2.86. The summed E-state index contributed by atoms with van der Waals surface area (Å²) in [6.07, 6.45) is 3.09. The van der Waals surface area contributed by atoms with Crippen molar-refractivity contribution in [2.45, 2.75) is 38.5 Å². The van der Waals surface area contributed by atoms with Gasteiger partial charge < -0.3 is 5.32 Å². The largest absolute Gasteiger partial charge is 0.355 e. The molecule has 0 unspecified atom stereocenters. The van der Waals surface area contributed by atoms with Crippen molar-refractivity contribution < 1.29 is 4.79 Å². The first-order valence-electron chi connectivity index (χ1n) is 5.97. The molecule has 0 saturated heterocycles. The van der Waals surface area contributed by atoms with E-state index in [0.717, 1.165) is 25.8 Å². The first-order valence-corrected chi connectivity index (χ1v) is 6.85. The number of rotatable bonds is 5. The van der Waals surface area contributed by atoms with Gasteiger partial charge in [0.2, 0.25) is 5.91 Å². The summed E-state index contributed by atoms with van der Waals surface area (Å²) in [5.41, 5.74) is -0.162. The number of carbonyl (C=O) groups is 1. The summed E-state index contributed by atoms with van der Waals surface area (Å²) in [5.74, 6) is 0.882. The maximum absolute atomic E-state index is 12.1. The zero-order chi connectivity index (χ0) is 11.6. The summed E-state index contributed by atoms with van der Waals surface area (Å²) in [4.78, 5) is 13.3. The molecule has 16 heavy (non-hydrogen) atoms. The van der Waals surface area contributed by atoms with Crippen LogP contribution in [0.2, 0.25) is 0 Å². The summed E-state index contributed by atoms with van der Waals surface area (Å²) in [6.45, 7) is 5.17. The Balaban J connectivity index is 1.90. The van der Waals surface area contributed by atoms with E-state index >= 15 is 0 Å². The smallest absolute Gasteiger partial charge is 0.231 e. The zero-order valence-corrected chi connectivity index (χ0v) is 10.8. The van der Waals surface area contributed by atoms with Crippen LogP contribution >= 0.6 is 11.3 Å². The number of amides is 1. The third-order valence-corrected chi connectivity index (χ3v) is 4.26. The molecule has 1 aliphatic rings. The average molecular weight is 237 g/mol. The number of nitrogens with one attached hydrogen (secondary N) is 1. The van der Waals surface area contributed by atoms with Gasteiger partial charge in [0.15, 0.2) is 0 Å². The molecule has 1 amide bonds. The van der Waals surface area contributed by atoms with Crippen LogP contribution < -0.4 is 5.32 Å². The van der Waals surface area contributed by atoms with Gasteiger partial charge in [0.25, 0.3) is 0 Å². The predicted octanol–water partition coefficient (Wildman–Crippen LogP) is 2.94. The van der Waals surface area contributed by atoms with Gasteiger partial charge >= 0.3 is 0 Å². The van der Waals surface area contributed by atoms with Crippen LogP contribution in [-0.4, -0.2) is 12.5 Å². The molecule has 0 atom stereocenters. The molecule has 0 bridgehead atoms. The Hall–Kier alpha value is -0.830. The molecule has 1 aromatic rings. The first kappa shape index (κ1) is 11.6. The van der Waals surface area contributed by atoms with Gasteiger partial charge in [-0.25, -0.2) is 0 Å². The minimum absolute atomic E-state index is 0.162. The molecule has 0 aliphatic heterocycles. The quantitative estimate of drug-likeness (QED) is 0.838. The van der Waals surface area contributed by atoms with Crippen molar-refractivity contribution >= 4 is 17.2 Å². The molecule has 1 aliphatic carbocycles. The molecular weight excluding hydrogens is 218 g/mol. The maximum Gasteiger partial charge on any atom is 0.231 e. The van der Waals surface area contributed by atoms with E-state index in [1.807, 2.05) is 6.07 Å². The van der Waals surface area contributed by atoms with Crippen molar-refractivity contribution in [3.8, 4) is 0 Å². The number of carbonyl (C=O) groups excluding carboxylic acids is 1. The number of hydrogen-bond donors (Lipinski definition) is 1. The molecule has 1 fully saturated rings. The number of hydrogen-bond acceptors (Lipinski definition) is 2. The molecule has 2 nitrogen and oxygen atoms in total. The molecule has 88 valence electrons. The van der Waals surface area contributed by atoms with E-state index in [1.165, 1.54) is 4.88 Å². The Morgan fingerprint density at radius 2 is 2.31 bits per heavy atom. The highest BCUT2D eigenvalue weighted by Crippen LogP contribution is 2.50. The lowest BCUT2D eigenvalue weighted by atomic mass is 10.0. The monoisotopic (exact) mass is 237 g/mol. The number of thiophene rings is 1. The van der Waals surface area contributed by atoms with Crippen LogP contribution in [-0.2, 0) is 10.2 Å². The predicted molar refractivity (Wildman–Crippen MR) is 67.7 cm³/mol. The van der Waals surface area contributed by atoms with Crippen LogP contribution in [0.15, 0.2) is 17.5 Å². The van der Waals surface area contributed by atoms with E-state index in [4.69, 9.17) is 0 Å². The van der Waals surface area contributed by atoms with E-state index in [0.29, 0.717) is 5.92 Å². The van der Waals surface area contributed by atoms with E-state index in [1.54, 1.807) is 11.3 Å². The van der Waals surface area contributed by atoms with Gasteiger partial charge in [0.05, 0.1) is 5.41 Å². The highest BCUT2D eigenvalue weighted by molar-refractivity contribution is 7.10. The zero-order valence-electron chi connectivity index (χ0n) is 9.95. The Labute approximate surface area is 101 Å². The van der Waals surface area contributed by atoms with E-state index in [-0.39, 0.29) is 11.3 Å². The molecule has 0 radical (unpaired) electrons. The Morgan fingerprint density at radius 1 is 1.56 bits per heavy atom. The Morgan fingerprint density at radius 3 is 2.81 bits per heavy atom. The fourth-order valence-corrected chi connectivity index (χ4v) is 2.89. The van der Waals surface area contributed by atoms with Gasteiger partial charge in [-0.05, 0) is 36.6 Å². The standard InChI is InChI=1S/C13H19NOS/c1-10(2)5-8-14-12(15)13(6-7-13)11-4-3-9-16-11/h3-4,9-10H,5-8H2,1-2H3,(H,14,15). The normalized spacial score (nSPS) is 17.4. The van der Waals surface area contributed by atoms with Crippen LogP contribution in [0.3, 0.4) is 0 Å². The van der Waals surface area contributed by atoms with Crippen molar-refractivity contribution in [1.29, 1.82) is 0 Å². The van der Waals surface area contributed by atoms with Gasteiger partial charge in [-0.3, -0.25) is 4.79 Å². The molecule has 1 heterocycles. The van der Waals surface area contributed by atoms with Gasteiger partial charge in [0.1, 0.15) is 0 Å². The summed E-state index contributed by atoms with van der Waals surface area (Å²) in [7, 11) is 0. The van der Waals surface area contributed by atoms with E-state index < -0.39 is 0 Å². The highest BCUT2D eigenvalue weighted by Gasteiger charge is 2.51. The van der Waals surface area contributed by atoms with Crippen LogP contribution in [0.5, 0.6) is 0 Å². The molecule has 2 rings (SSSR count). The summed E-state index contributed by atoms with van der Waals surface area (Å²) >= 11 is 1.70. The fourth-order valence-electron chi connectivity index (χ4n) is 1.90. The third kappa shape index (κ3) is 2.29. The minimum Gasteiger partial charge on any atom is -0.355 e. The molecule has 0 spiro atoms. The van der Waals surface area contributed by atoms with Crippen molar-refractivity contribution in [3.05, 3.63) is 22.4 Å². The van der Waals surface area contributed by atoms with Gasteiger partial charge in [0, 0.05) is 11.4 Å². The second kappa shape index (κ2) is 4.58. The lowest BCUT2D eigenvalue weighted by Crippen LogP contribution is -2.35.